The third kappa shape index (κ3) is 4.73. The highest BCUT2D eigenvalue weighted by atomic mass is 16.5. The fourth-order valence-corrected chi connectivity index (χ4v) is 3.58. The zero-order valence-corrected chi connectivity index (χ0v) is 16.3. The summed E-state index contributed by atoms with van der Waals surface area (Å²) >= 11 is 0. The standard InChI is InChI=1S/C21H35NO2/c1-7-21(5,6)18-8-9-19(20(23)12-18)15(2)10-11-22-13-16(3)24-17(4)14-22/h8-9,12,15-17,23H,7,10-11,13-14H2,1-6H3. The maximum absolute atomic E-state index is 10.5. The summed E-state index contributed by atoms with van der Waals surface area (Å²) < 4.78 is 5.80. The number of phenolic OH excluding ortho intramolecular Hbond substituents is 1. The van der Waals surface area contributed by atoms with Crippen LogP contribution in [0.15, 0.2) is 18.2 Å². The maximum Gasteiger partial charge on any atom is 0.119 e. The highest BCUT2D eigenvalue weighted by Crippen LogP contribution is 2.34. The molecule has 1 aliphatic rings. The van der Waals surface area contributed by atoms with Crippen molar-refractivity contribution in [2.24, 2.45) is 0 Å². The minimum atomic E-state index is 0.110. The molecule has 2 rings (SSSR count). The van der Waals surface area contributed by atoms with Gasteiger partial charge in [0.2, 0.25) is 0 Å². The van der Waals surface area contributed by atoms with Crippen molar-refractivity contribution < 1.29 is 9.84 Å². The predicted octanol–water partition coefficient (Wildman–Crippen LogP) is 4.68. The molecule has 3 atom stereocenters. The van der Waals surface area contributed by atoms with E-state index in [4.69, 9.17) is 4.74 Å². The number of morpholine rings is 1. The summed E-state index contributed by atoms with van der Waals surface area (Å²) in [6.07, 6.45) is 2.75. The van der Waals surface area contributed by atoms with Crippen LogP contribution in [0, 0.1) is 0 Å². The molecule has 1 N–H and O–H groups in total. The fraction of sp³-hybridized carbons (Fsp3) is 0.714. The summed E-state index contributed by atoms with van der Waals surface area (Å²) in [6.45, 7) is 16.2. The quantitative estimate of drug-likeness (QED) is 0.820. The van der Waals surface area contributed by atoms with Crippen LogP contribution in [-0.2, 0) is 10.2 Å². The van der Waals surface area contributed by atoms with E-state index in [9.17, 15) is 5.11 Å². The molecule has 1 heterocycles. The molecular formula is C21H35NO2. The SMILES string of the molecule is CCC(C)(C)c1ccc(C(C)CCN2CC(C)OC(C)C2)c(O)c1. The van der Waals surface area contributed by atoms with Gasteiger partial charge in [0.1, 0.15) is 5.75 Å². The van der Waals surface area contributed by atoms with Gasteiger partial charge in [0.15, 0.2) is 0 Å². The molecule has 136 valence electrons. The third-order valence-electron chi connectivity index (χ3n) is 5.60. The average molecular weight is 334 g/mol. The van der Waals surface area contributed by atoms with Crippen LogP contribution in [0.25, 0.3) is 0 Å². The van der Waals surface area contributed by atoms with E-state index in [0.717, 1.165) is 38.0 Å². The number of nitrogens with zero attached hydrogens (tertiary/aromatic N) is 1. The number of phenols is 1. The maximum atomic E-state index is 10.5. The van der Waals surface area contributed by atoms with Crippen LogP contribution in [0.5, 0.6) is 5.75 Å². The molecule has 1 aromatic rings. The van der Waals surface area contributed by atoms with Crippen LogP contribution in [0.3, 0.4) is 0 Å². The highest BCUT2D eigenvalue weighted by Gasteiger charge is 2.23. The van der Waals surface area contributed by atoms with Crippen LogP contribution in [-0.4, -0.2) is 41.8 Å². The molecular weight excluding hydrogens is 298 g/mol. The van der Waals surface area contributed by atoms with Crippen LogP contribution >= 0.6 is 0 Å². The molecule has 1 saturated heterocycles. The van der Waals surface area contributed by atoms with E-state index in [1.54, 1.807) is 0 Å². The van der Waals surface area contributed by atoms with Crippen molar-refractivity contribution in [2.75, 3.05) is 19.6 Å². The van der Waals surface area contributed by atoms with Gasteiger partial charge in [0, 0.05) is 13.1 Å². The number of aromatic hydroxyl groups is 1. The Kier molecular flexibility index (Phi) is 6.33. The topological polar surface area (TPSA) is 32.7 Å². The second-order valence-electron chi connectivity index (χ2n) is 8.22. The van der Waals surface area contributed by atoms with Gasteiger partial charge in [-0.25, -0.2) is 0 Å². The van der Waals surface area contributed by atoms with Gasteiger partial charge < -0.3 is 9.84 Å². The van der Waals surface area contributed by atoms with E-state index in [1.807, 2.05) is 6.07 Å². The lowest BCUT2D eigenvalue weighted by Crippen LogP contribution is -2.45. The third-order valence-corrected chi connectivity index (χ3v) is 5.60. The van der Waals surface area contributed by atoms with Crippen LogP contribution in [0.2, 0.25) is 0 Å². The summed E-state index contributed by atoms with van der Waals surface area (Å²) in [6, 6.07) is 6.28. The molecule has 0 aromatic heterocycles. The molecule has 3 heteroatoms. The Labute approximate surface area is 148 Å². The molecule has 3 nitrogen and oxygen atoms in total. The molecule has 1 aliphatic heterocycles. The van der Waals surface area contributed by atoms with Gasteiger partial charge in [-0.05, 0) is 61.8 Å². The van der Waals surface area contributed by atoms with Gasteiger partial charge >= 0.3 is 0 Å². The van der Waals surface area contributed by atoms with Crippen LogP contribution in [0.4, 0.5) is 0 Å². The zero-order chi connectivity index (χ0) is 17.9. The predicted molar refractivity (Wildman–Crippen MR) is 101 cm³/mol. The second-order valence-corrected chi connectivity index (χ2v) is 8.22. The van der Waals surface area contributed by atoms with Gasteiger partial charge in [-0.1, -0.05) is 39.8 Å². The first-order valence-corrected chi connectivity index (χ1v) is 9.44. The fourth-order valence-electron chi connectivity index (χ4n) is 3.58. The lowest BCUT2D eigenvalue weighted by atomic mass is 9.81. The molecule has 0 aliphatic carbocycles. The second kappa shape index (κ2) is 7.88. The molecule has 24 heavy (non-hydrogen) atoms. The van der Waals surface area contributed by atoms with Crippen molar-refractivity contribution in [3.8, 4) is 5.75 Å². The first-order valence-electron chi connectivity index (χ1n) is 9.44. The van der Waals surface area contributed by atoms with Crippen molar-refractivity contribution in [1.29, 1.82) is 0 Å². The lowest BCUT2D eigenvalue weighted by molar-refractivity contribution is -0.0683. The van der Waals surface area contributed by atoms with E-state index >= 15 is 0 Å². The van der Waals surface area contributed by atoms with Crippen molar-refractivity contribution in [1.82, 2.24) is 4.90 Å². The Morgan fingerprint density at radius 1 is 1.25 bits per heavy atom. The normalized spacial score (nSPS) is 24.1. The van der Waals surface area contributed by atoms with E-state index in [0.29, 0.717) is 23.9 Å². The minimum Gasteiger partial charge on any atom is -0.508 e. The van der Waals surface area contributed by atoms with E-state index in [2.05, 4.69) is 58.6 Å². The zero-order valence-electron chi connectivity index (χ0n) is 16.3. The average Bonchev–Trinajstić information content (AvgIpc) is 2.51. The van der Waals surface area contributed by atoms with Gasteiger partial charge in [0.05, 0.1) is 12.2 Å². The van der Waals surface area contributed by atoms with E-state index < -0.39 is 0 Å². The summed E-state index contributed by atoms with van der Waals surface area (Å²) in [5.41, 5.74) is 2.40. The van der Waals surface area contributed by atoms with E-state index in [-0.39, 0.29) is 5.41 Å². The molecule has 1 fully saturated rings. The monoisotopic (exact) mass is 333 g/mol. The number of hydrogen-bond donors (Lipinski definition) is 1. The van der Waals surface area contributed by atoms with Crippen LogP contribution < -0.4 is 0 Å². The highest BCUT2D eigenvalue weighted by molar-refractivity contribution is 5.41. The number of rotatable bonds is 6. The molecule has 0 bridgehead atoms. The minimum absolute atomic E-state index is 0.110. The van der Waals surface area contributed by atoms with Gasteiger partial charge in [0.25, 0.3) is 0 Å². The van der Waals surface area contributed by atoms with Crippen LogP contribution in [0.1, 0.15) is 71.4 Å². The van der Waals surface area contributed by atoms with Crippen molar-refractivity contribution >= 4 is 0 Å². The van der Waals surface area contributed by atoms with E-state index in [1.165, 1.54) is 5.56 Å². The summed E-state index contributed by atoms with van der Waals surface area (Å²) in [5.74, 6) is 0.808. The number of benzene rings is 1. The summed E-state index contributed by atoms with van der Waals surface area (Å²) in [4.78, 5) is 2.49. The molecule has 3 unspecified atom stereocenters. The van der Waals surface area contributed by atoms with Crippen molar-refractivity contribution in [3.63, 3.8) is 0 Å². The largest absolute Gasteiger partial charge is 0.508 e. The van der Waals surface area contributed by atoms with Gasteiger partial charge in [-0.2, -0.15) is 0 Å². The first kappa shape index (κ1) is 19.3. The number of ether oxygens (including phenoxy) is 1. The lowest BCUT2D eigenvalue weighted by Gasteiger charge is -2.35. The van der Waals surface area contributed by atoms with Crippen molar-refractivity contribution in [2.45, 2.75) is 77.9 Å². The molecule has 1 aromatic carbocycles. The summed E-state index contributed by atoms with van der Waals surface area (Å²) in [5, 5.41) is 10.5. The smallest absolute Gasteiger partial charge is 0.119 e. The Morgan fingerprint density at radius 2 is 1.88 bits per heavy atom. The molecule has 0 spiro atoms. The Hall–Kier alpha value is -1.06. The van der Waals surface area contributed by atoms with Crippen molar-refractivity contribution in [3.05, 3.63) is 29.3 Å². The molecule has 0 radical (unpaired) electrons. The molecule has 0 saturated carbocycles. The molecule has 0 amide bonds. The number of hydrogen-bond acceptors (Lipinski definition) is 3. The van der Waals surface area contributed by atoms with Gasteiger partial charge in [-0.15, -0.1) is 0 Å². The Morgan fingerprint density at radius 3 is 2.42 bits per heavy atom. The van der Waals surface area contributed by atoms with Gasteiger partial charge in [-0.3, -0.25) is 4.90 Å². The summed E-state index contributed by atoms with van der Waals surface area (Å²) in [7, 11) is 0. The Bertz CT molecular complexity index is 531. The first-order chi connectivity index (χ1) is 11.2. The Balaban J connectivity index is 1.98.